The summed E-state index contributed by atoms with van der Waals surface area (Å²) in [7, 11) is 0. The summed E-state index contributed by atoms with van der Waals surface area (Å²) < 4.78 is 18.4. The van der Waals surface area contributed by atoms with Crippen molar-refractivity contribution in [2.24, 2.45) is 0 Å². The van der Waals surface area contributed by atoms with E-state index in [4.69, 9.17) is 13.9 Å². The van der Waals surface area contributed by atoms with Crippen molar-refractivity contribution in [2.75, 3.05) is 6.61 Å². The number of aryl methyl sites for hydroxylation is 3. The summed E-state index contributed by atoms with van der Waals surface area (Å²) in [5.41, 5.74) is 6.45. The van der Waals surface area contributed by atoms with Crippen molar-refractivity contribution in [3.8, 4) is 11.5 Å². The van der Waals surface area contributed by atoms with Gasteiger partial charge in [-0.2, -0.15) is 0 Å². The summed E-state index contributed by atoms with van der Waals surface area (Å²) in [5.74, 6) is 0.930. The molecule has 1 unspecified atom stereocenters. The Morgan fingerprint density at radius 1 is 0.786 bits per heavy atom. The van der Waals surface area contributed by atoms with Crippen LogP contribution in [0, 0.1) is 20.8 Å². The maximum Gasteiger partial charge on any atom is 0.291 e. The molecule has 2 heterocycles. The van der Waals surface area contributed by atoms with E-state index in [-0.39, 0.29) is 17.1 Å². The first-order valence-corrected chi connectivity index (χ1v) is 14.2. The van der Waals surface area contributed by atoms with Gasteiger partial charge in [0.05, 0.1) is 23.6 Å². The molecule has 0 aliphatic carbocycles. The summed E-state index contributed by atoms with van der Waals surface area (Å²) in [5, 5.41) is 0.472. The maximum atomic E-state index is 14.1. The third-order valence-corrected chi connectivity index (χ3v) is 7.88. The molecule has 1 atom stereocenters. The number of benzene rings is 4. The Balaban J connectivity index is 1.47. The quantitative estimate of drug-likeness (QED) is 0.198. The SMILES string of the molecule is CCOc1cc(C2c3c(oc4cc(C)c(C)cc4c3=O)C(=O)N2Cc2ccc(C)cc2)ccc1OCc1ccccc1. The van der Waals surface area contributed by atoms with Crippen molar-refractivity contribution in [1.82, 2.24) is 4.90 Å². The molecule has 1 aliphatic heterocycles. The molecule has 0 saturated heterocycles. The van der Waals surface area contributed by atoms with Crippen molar-refractivity contribution in [3.05, 3.63) is 140 Å². The Kier molecular flexibility index (Phi) is 7.29. The number of hydrogen-bond donors (Lipinski definition) is 0. The van der Waals surface area contributed by atoms with Gasteiger partial charge in [0.15, 0.2) is 16.9 Å². The van der Waals surface area contributed by atoms with Crippen LogP contribution in [0.15, 0.2) is 94.1 Å². The minimum absolute atomic E-state index is 0.0928. The van der Waals surface area contributed by atoms with Gasteiger partial charge in [-0.1, -0.05) is 66.2 Å². The third kappa shape index (κ3) is 5.05. The molecule has 6 rings (SSSR count). The number of hydrogen-bond acceptors (Lipinski definition) is 5. The average molecular weight is 560 g/mol. The maximum absolute atomic E-state index is 14.1. The van der Waals surface area contributed by atoms with Gasteiger partial charge >= 0.3 is 0 Å². The molecular formula is C36H33NO5. The summed E-state index contributed by atoms with van der Waals surface area (Å²) in [6.07, 6.45) is 0. The van der Waals surface area contributed by atoms with Gasteiger partial charge in [0.1, 0.15) is 12.2 Å². The van der Waals surface area contributed by atoms with E-state index in [2.05, 4.69) is 0 Å². The topological polar surface area (TPSA) is 69.0 Å². The molecule has 6 nitrogen and oxygen atoms in total. The summed E-state index contributed by atoms with van der Waals surface area (Å²) in [6, 6.07) is 26.7. The summed E-state index contributed by atoms with van der Waals surface area (Å²) >= 11 is 0. The molecule has 0 N–H and O–H groups in total. The van der Waals surface area contributed by atoms with Gasteiger partial charge in [-0.3, -0.25) is 9.59 Å². The molecule has 0 spiro atoms. The first-order chi connectivity index (χ1) is 20.3. The minimum atomic E-state index is -0.654. The number of amides is 1. The van der Waals surface area contributed by atoms with Gasteiger partial charge in [0.2, 0.25) is 5.76 Å². The molecule has 1 aromatic heterocycles. The smallest absolute Gasteiger partial charge is 0.291 e. The van der Waals surface area contributed by atoms with Gasteiger partial charge < -0.3 is 18.8 Å². The van der Waals surface area contributed by atoms with Crippen molar-refractivity contribution < 1.29 is 18.7 Å². The third-order valence-electron chi connectivity index (χ3n) is 7.88. The Labute approximate surface area is 245 Å². The van der Waals surface area contributed by atoms with Crippen LogP contribution in [0.5, 0.6) is 11.5 Å². The lowest BCUT2D eigenvalue weighted by atomic mass is 9.97. The van der Waals surface area contributed by atoms with E-state index >= 15 is 0 Å². The zero-order valence-electron chi connectivity index (χ0n) is 24.3. The second kappa shape index (κ2) is 11.2. The normalized spacial score (nSPS) is 14.3. The van der Waals surface area contributed by atoms with Crippen LogP contribution >= 0.6 is 0 Å². The van der Waals surface area contributed by atoms with E-state index in [1.807, 2.05) is 113 Å². The molecular weight excluding hydrogens is 526 g/mol. The number of carbonyl (C=O) groups is 1. The molecule has 212 valence electrons. The number of carbonyl (C=O) groups excluding carboxylic acids is 1. The lowest BCUT2D eigenvalue weighted by Gasteiger charge is -2.26. The van der Waals surface area contributed by atoms with E-state index in [1.165, 1.54) is 0 Å². The number of nitrogens with zero attached hydrogens (tertiary/aromatic N) is 1. The second-order valence-corrected chi connectivity index (χ2v) is 10.8. The molecule has 4 aromatic carbocycles. The van der Waals surface area contributed by atoms with Gasteiger partial charge in [-0.05, 0) is 79.8 Å². The zero-order valence-corrected chi connectivity index (χ0v) is 24.3. The number of fused-ring (bicyclic) bond motifs is 2. The Hall–Kier alpha value is -4.84. The van der Waals surface area contributed by atoms with Crippen LogP contribution in [0.3, 0.4) is 0 Å². The molecule has 1 amide bonds. The van der Waals surface area contributed by atoms with Crippen molar-refractivity contribution in [3.63, 3.8) is 0 Å². The molecule has 0 bridgehead atoms. The highest BCUT2D eigenvalue weighted by Gasteiger charge is 2.43. The van der Waals surface area contributed by atoms with Crippen molar-refractivity contribution in [1.29, 1.82) is 0 Å². The van der Waals surface area contributed by atoms with Crippen LogP contribution in [-0.2, 0) is 13.2 Å². The van der Waals surface area contributed by atoms with E-state index in [0.717, 1.165) is 33.4 Å². The highest BCUT2D eigenvalue weighted by atomic mass is 16.5. The van der Waals surface area contributed by atoms with E-state index in [1.54, 1.807) is 4.90 Å². The number of ether oxygens (including phenoxy) is 2. The average Bonchev–Trinajstić information content (AvgIpc) is 3.26. The number of rotatable bonds is 8. The van der Waals surface area contributed by atoms with Crippen molar-refractivity contribution >= 4 is 16.9 Å². The lowest BCUT2D eigenvalue weighted by Crippen LogP contribution is -2.29. The summed E-state index contributed by atoms with van der Waals surface area (Å²) in [4.78, 5) is 29.8. The predicted octanol–water partition coefficient (Wildman–Crippen LogP) is 7.44. The van der Waals surface area contributed by atoms with Crippen LogP contribution in [0.4, 0.5) is 0 Å². The molecule has 0 saturated carbocycles. The van der Waals surface area contributed by atoms with Crippen LogP contribution in [0.2, 0.25) is 0 Å². The molecule has 6 heteroatoms. The summed E-state index contributed by atoms with van der Waals surface area (Å²) in [6.45, 7) is 9.01. The van der Waals surface area contributed by atoms with Gasteiger partial charge in [-0.15, -0.1) is 0 Å². The highest BCUT2D eigenvalue weighted by molar-refractivity contribution is 5.99. The zero-order chi connectivity index (χ0) is 29.4. The molecule has 0 fully saturated rings. The minimum Gasteiger partial charge on any atom is -0.490 e. The first kappa shape index (κ1) is 27.3. The fourth-order valence-electron chi connectivity index (χ4n) is 5.49. The van der Waals surface area contributed by atoms with Crippen LogP contribution < -0.4 is 14.9 Å². The van der Waals surface area contributed by atoms with E-state index in [9.17, 15) is 9.59 Å². The van der Waals surface area contributed by atoms with Crippen LogP contribution in [0.25, 0.3) is 11.0 Å². The lowest BCUT2D eigenvalue weighted by molar-refractivity contribution is 0.0714. The molecule has 42 heavy (non-hydrogen) atoms. The predicted molar refractivity (Wildman–Crippen MR) is 163 cm³/mol. The van der Waals surface area contributed by atoms with E-state index < -0.39 is 6.04 Å². The first-order valence-electron chi connectivity index (χ1n) is 14.2. The fraction of sp³-hybridized carbons (Fsp3) is 0.222. The van der Waals surface area contributed by atoms with E-state index in [0.29, 0.717) is 47.8 Å². The van der Waals surface area contributed by atoms with Crippen LogP contribution in [0.1, 0.15) is 62.5 Å². The van der Waals surface area contributed by atoms with Gasteiger partial charge in [0.25, 0.3) is 5.91 Å². The Morgan fingerprint density at radius 3 is 2.26 bits per heavy atom. The standard InChI is InChI=1S/C36H33NO5/c1-5-40-31-19-27(15-16-29(31)41-21-26-9-7-6-8-10-26)33-32-34(38)28-17-23(3)24(4)18-30(28)42-35(32)36(39)37(33)20-25-13-11-22(2)12-14-25/h6-19,33H,5,20-21H2,1-4H3. The molecule has 1 aliphatic rings. The molecule has 0 radical (unpaired) electrons. The largest absolute Gasteiger partial charge is 0.490 e. The highest BCUT2D eigenvalue weighted by Crippen LogP contribution is 2.42. The Morgan fingerprint density at radius 2 is 1.52 bits per heavy atom. The second-order valence-electron chi connectivity index (χ2n) is 10.8. The monoisotopic (exact) mass is 559 g/mol. The Bertz CT molecular complexity index is 1840. The molecule has 5 aromatic rings. The van der Waals surface area contributed by atoms with Gasteiger partial charge in [0, 0.05) is 6.54 Å². The van der Waals surface area contributed by atoms with Gasteiger partial charge in [-0.25, -0.2) is 0 Å². The van der Waals surface area contributed by atoms with Crippen molar-refractivity contribution in [2.45, 2.75) is 46.9 Å². The van der Waals surface area contributed by atoms with Crippen LogP contribution in [-0.4, -0.2) is 17.4 Å². The fourth-order valence-corrected chi connectivity index (χ4v) is 5.49.